The average Bonchev–Trinajstić information content (AvgIpc) is 3.28. The number of thiazole rings is 1. The molecule has 1 aliphatic heterocycles. The van der Waals surface area contributed by atoms with E-state index in [1.807, 2.05) is 34.9 Å². The Morgan fingerprint density at radius 2 is 1.91 bits per heavy atom. The van der Waals surface area contributed by atoms with Crippen molar-refractivity contribution in [3.8, 4) is 11.8 Å². The van der Waals surface area contributed by atoms with Gasteiger partial charge in [-0.25, -0.2) is 0 Å². The predicted molar refractivity (Wildman–Crippen MR) is 135 cm³/mol. The topological polar surface area (TPSA) is 76.5 Å². The van der Waals surface area contributed by atoms with Crippen LogP contribution in [0.1, 0.15) is 36.5 Å². The Bertz CT molecular complexity index is 1590. The minimum absolute atomic E-state index is 0.236. The maximum atomic E-state index is 13.6. The van der Waals surface area contributed by atoms with Crippen molar-refractivity contribution < 1.29 is 0 Å². The Labute approximate surface area is 209 Å². The highest BCUT2D eigenvalue weighted by atomic mass is 35.5. The lowest BCUT2D eigenvalue weighted by Crippen LogP contribution is -2.31. The van der Waals surface area contributed by atoms with Gasteiger partial charge in [0, 0.05) is 23.0 Å². The van der Waals surface area contributed by atoms with Crippen molar-refractivity contribution in [3.63, 3.8) is 0 Å². The molecule has 0 saturated heterocycles. The molecule has 1 aliphatic rings. The smallest absolute Gasteiger partial charge is 0.273 e. The molecule has 2 aromatic carbocycles. The van der Waals surface area contributed by atoms with Crippen LogP contribution in [0.4, 0.5) is 0 Å². The fourth-order valence-corrected chi connectivity index (χ4v) is 5.64. The van der Waals surface area contributed by atoms with Gasteiger partial charge in [0.25, 0.3) is 5.56 Å². The molecule has 2 aromatic heterocycles. The summed E-state index contributed by atoms with van der Waals surface area (Å²) in [5.41, 5.74) is 1.43. The average molecular weight is 508 g/mol. The standard InChI is InChI=1S/C25H19Cl2N5OS/c26-17-11-10-16(20(27)14-17)13-21-24(33)32(18-7-3-1-4-8-18)25(34-21)19(15-28)23-30-29-22-9-5-2-6-12-31(22)23/h1,3-4,7-8,10-11,13-14H,2,5-6,9,12H2/b21-13-,25-19-. The molecule has 0 N–H and O–H groups in total. The van der Waals surface area contributed by atoms with Gasteiger partial charge < -0.3 is 4.57 Å². The summed E-state index contributed by atoms with van der Waals surface area (Å²) in [7, 11) is 0. The largest absolute Gasteiger partial charge is 0.310 e. The molecule has 0 fully saturated rings. The van der Waals surface area contributed by atoms with E-state index in [2.05, 4.69) is 16.3 Å². The maximum absolute atomic E-state index is 13.6. The van der Waals surface area contributed by atoms with Gasteiger partial charge in [0.15, 0.2) is 5.82 Å². The van der Waals surface area contributed by atoms with Crippen LogP contribution in [0.15, 0.2) is 53.3 Å². The van der Waals surface area contributed by atoms with Gasteiger partial charge in [-0.3, -0.25) is 9.36 Å². The molecule has 6 nitrogen and oxygen atoms in total. The van der Waals surface area contributed by atoms with Gasteiger partial charge >= 0.3 is 0 Å². The second-order valence-corrected chi connectivity index (χ2v) is 9.82. The molecule has 5 rings (SSSR count). The van der Waals surface area contributed by atoms with Gasteiger partial charge in [0.05, 0.1) is 10.2 Å². The van der Waals surface area contributed by atoms with E-state index in [4.69, 9.17) is 23.2 Å². The molecule has 3 heterocycles. The molecule has 9 heteroatoms. The summed E-state index contributed by atoms with van der Waals surface area (Å²) in [6.45, 7) is 0.753. The van der Waals surface area contributed by atoms with Crippen molar-refractivity contribution in [2.24, 2.45) is 0 Å². The van der Waals surface area contributed by atoms with Gasteiger partial charge in [-0.05, 0) is 48.7 Å². The van der Waals surface area contributed by atoms with Gasteiger partial charge in [-0.15, -0.1) is 21.5 Å². The number of halogens is 2. The van der Waals surface area contributed by atoms with Crippen LogP contribution in [-0.2, 0) is 13.0 Å². The number of hydrogen-bond donors (Lipinski definition) is 0. The SMILES string of the molecule is N#C/C(c1nnc2n1CCCCC2)=c1/s/c(=C\c2ccc(Cl)cc2Cl)c(=O)n1-c1ccccc1. The molecule has 0 unspecified atom stereocenters. The van der Waals surface area contributed by atoms with Crippen molar-refractivity contribution >= 4 is 46.2 Å². The Morgan fingerprint density at radius 1 is 1.09 bits per heavy atom. The van der Waals surface area contributed by atoms with E-state index >= 15 is 0 Å². The summed E-state index contributed by atoms with van der Waals surface area (Å²) < 4.78 is 4.54. The molecule has 34 heavy (non-hydrogen) atoms. The first kappa shape index (κ1) is 22.6. The first-order valence-electron chi connectivity index (χ1n) is 10.9. The summed E-state index contributed by atoms with van der Waals surface area (Å²) in [5, 5.41) is 19.9. The van der Waals surface area contributed by atoms with Crippen LogP contribution in [-0.4, -0.2) is 19.3 Å². The number of benzene rings is 2. The molecule has 4 aromatic rings. The third-order valence-corrected chi connectivity index (χ3v) is 7.40. The maximum Gasteiger partial charge on any atom is 0.273 e. The molecule has 0 saturated carbocycles. The summed E-state index contributed by atoms with van der Waals surface area (Å²) in [6.07, 6.45) is 5.72. The van der Waals surface area contributed by atoms with E-state index in [1.165, 1.54) is 11.3 Å². The molecule has 0 atom stereocenters. The number of para-hydroxylation sites is 1. The van der Waals surface area contributed by atoms with Crippen molar-refractivity contribution in [3.05, 3.63) is 95.3 Å². The third kappa shape index (κ3) is 4.21. The molecule has 0 bridgehead atoms. The highest BCUT2D eigenvalue weighted by Crippen LogP contribution is 2.22. The first-order valence-corrected chi connectivity index (χ1v) is 12.4. The van der Waals surface area contributed by atoms with E-state index in [1.54, 1.807) is 28.8 Å². The molecule has 0 amide bonds. The van der Waals surface area contributed by atoms with Crippen molar-refractivity contribution in [1.29, 1.82) is 5.26 Å². The summed E-state index contributed by atoms with van der Waals surface area (Å²) >= 11 is 13.6. The van der Waals surface area contributed by atoms with Gasteiger partial charge in [-0.2, -0.15) is 5.26 Å². The van der Waals surface area contributed by atoms with Gasteiger partial charge in [0.2, 0.25) is 0 Å². The van der Waals surface area contributed by atoms with Crippen LogP contribution < -0.4 is 14.8 Å². The Hall–Kier alpha value is -3.18. The Kier molecular flexibility index (Phi) is 6.38. The van der Waals surface area contributed by atoms with E-state index in [-0.39, 0.29) is 5.56 Å². The lowest BCUT2D eigenvalue weighted by atomic mass is 10.2. The zero-order chi connectivity index (χ0) is 23.7. The third-order valence-electron chi connectivity index (χ3n) is 5.75. The number of rotatable bonds is 3. The van der Waals surface area contributed by atoms with Crippen LogP contribution in [0, 0.1) is 11.3 Å². The predicted octanol–water partition coefficient (Wildman–Crippen LogP) is 4.08. The van der Waals surface area contributed by atoms with Crippen molar-refractivity contribution in [1.82, 2.24) is 19.3 Å². The lowest BCUT2D eigenvalue weighted by molar-refractivity contribution is 0.627. The second kappa shape index (κ2) is 9.59. The van der Waals surface area contributed by atoms with E-state index in [0.29, 0.717) is 41.9 Å². The molecule has 0 aliphatic carbocycles. The minimum Gasteiger partial charge on any atom is -0.310 e. The first-order chi connectivity index (χ1) is 16.6. The van der Waals surface area contributed by atoms with Gasteiger partial charge in [-0.1, -0.05) is 53.9 Å². The number of aromatic nitrogens is 4. The zero-order valence-corrected chi connectivity index (χ0v) is 20.4. The van der Waals surface area contributed by atoms with Crippen LogP contribution >= 0.6 is 34.5 Å². The van der Waals surface area contributed by atoms with Gasteiger partial charge in [0.1, 0.15) is 22.1 Å². The van der Waals surface area contributed by atoms with Crippen LogP contribution in [0.2, 0.25) is 10.0 Å². The number of nitriles is 1. The van der Waals surface area contributed by atoms with E-state index in [9.17, 15) is 10.1 Å². The molecule has 170 valence electrons. The summed E-state index contributed by atoms with van der Waals surface area (Å²) in [5.74, 6) is 1.38. The zero-order valence-electron chi connectivity index (χ0n) is 18.0. The van der Waals surface area contributed by atoms with Crippen LogP contribution in [0.25, 0.3) is 17.3 Å². The highest BCUT2D eigenvalue weighted by molar-refractivity contribution is 7.07. The van der Waals surface area contributed by atoms with Crippen molar-refractivity contribution in [2.75, 3.05) is 0 Å². The quantitative estimate of drug-likeness (QED) is 0.418. The lowest BCUT2D eigenvalue weighted by Gasteiger charge is -2.07. The summed E-state index contributed by atoms with van der Waals surface area (Å²) in [4.78, 5) is 13.6. The Morgan fingerprint density at radius 3 is 2.68 bits per heavy atom. The normalized spacial score (nSPS) is 14.9. The monoisotopic (exact) mass is 507 g/mol. The van der Waals surface area contributed by atoms with Crippen LogP contribution in [0.5, 0.6) is 0 Å². The molecule has 0 spiro atoms. The molecule has 0 radical (unpaired) electrons. The number of nitrogens with zero attached hydrogens (tertiary/aromatic N) is 5. The fraction of sp³-hybridized carbons (Fsp3) is 0.200. The summed E-state index contributed by atoms with van der Waals surface area (Å²) in [6, 6.07) is 16.7. The highest BCUT2D eigenvalue weighted by Gasteiger charge is 2.21. The fourth-order valence-electron chi connectivity index (χ4n) is 4.08. The number of hydrogen-bond acceptors (Lipinski definition) is 5. The molecular formula is C25H19Cl2N5OS. The van der Waals surface area contributed by atoms with Crippen molar-refractivity contribution in [2.45, 2.75) is 32.2 Å². The Balaban J connectivity index is 1.83. The van der Waals surface area contributed by atoms with Crippen LogP contribution in [0.3, 0.4) is 0 Å². The number of fused-ring (bicyclic) bond motifs is 1. The van der Waals surface area contributed by atoms with E-state index < -0.39 is 0 Å². The number of aryl methyl sites for hydroxylation is 1. The second-order valence-electron chi connectivity index (χ2n) is 7.95. The molecular weight excluding hydrogens is 489 g/mol. The minimum atomic E-state index is -0.236. The van der Waals surface area contributed by atoms with E-state index in [0.717, 1.165) is 38.1 Å².